The van der Waals surface area contributed by atoms with Gasteiger partial charge in [0.25, 0.3) is 0 Å². The predicted molar refractivity (Wildman–Crippen MR) is 144 cm³/mol. The van der Waals surface area contributed by atoms with E-state index in [9.17, 15) is 4.79 Å². The number of aromatic nitrogens is 2. The number of carbonyl (C=O) groups excluding carboxylic acids is 1. The molecular weight excluding hydrogens is 484 g/mol. The Morgan fingerprint density at radius 1 is 1.08 bits per heavy atom. The van der Waals surface area contributed by atoms with E-state index in [4.69, 9.17) is 19.7 Å². The van der Waals surface area contributed by atoms with E-state index in [1.54, 1.807) is 14.2 Å². The second-order valence-electron chi connectivity index (χ2n) is 8.79. The molecule has 1 aliphatic heterocycles. The van der Waals surface area contributed by atoms with Crippen LogP contribution in [0.5, 0.6) is 11.5 Å². The van der Waals surface area contributed by atoms with Crippen molar-refractivity contribution in [1.82, 2.24) is 14.5 Å². The molecule has 5 rings (SSSR count). The minimum Gasteiger partial charge on any atom is -0.493 e. The van der Waals surface area contributed by atoms with E-state index in [1.807, 2.05) is 64.1 Å². The molecule has 2 heterocycles. The van der Waals surface area contributed by atoms with Crippen LogP contribution in [-0.4, -0.2) is 46.9 Å². The molecule has 0 fully saturated rings. The summed E-state index contributed by atoms with van der Waals surface area (Å²) in [5, 5.41) is 9.89. The molecular formula is C29H28N4O3S. The second kappa shape index (κ2) is 11.0. The van der Waals surface area contributed by atoms with E-state index in [0.29, 0.717) is 31.0 Å². The number of aryl methyl sites for hydroxylation is 1. The molecule has 0 radical (unpaired) electrons. The third kappa shape index (κ3) is 4.87. The maximum atomic E-state index is 13.7. The molecule has 0 N–H and O–H groups in total. The Morgan fingerprint density at radius 3 is 2.57 bits per heavy atom. The Hall–Kier alpha value is -3.96. The zero-order valence-corrected chi connectivity index (χ0v) is 21.7. The van der Waals surface area contributed by atoms with E-state index in [2.05, 4.69) is 18.2 Å². The number of carbonyl (C=O) groups is 1. The van der Waals surface area contributed by atoms with Crippen LogP contribution in [0.1, 0.15) is 29.2 Å². The first-order valence-electron chi connectivity index (χ1n) is 12.2. The Bertz CT molecular complexity index is 1460. The summed E-state index contributed by atoms with van der Waals surface area (Å²) in [4.78, 5) is 20.5. The predicted octanol–water partition coefficient (Wildman–Crippen LogP) is 5.23. The van der Waals surface area contributed by atoms with Crippen molar-refractivity contribution >= 4 is 28.7 Å². The highest BCUT2D eigenvalue weighted by Gasteiger charge is 2.33. The van der Waals surface area contributed by atoms with Crippen molar-refractivity contribution < 1.29 is 14.3 Å². The summed E-state index contributed by atoms with van der Waals surface area (Å²) in [6, 6.07) is 24.0. The highest BCUT2D eigenvalue weighted by molar-refractivity contribution is 7.99. The van der Waals surface area contributed by atoms with Gasteiger partial charge in [-0.25, -0.2) is 4.98 Å². The quantitative estimate of drug-likeness (QED) is 0.301. The number of imidazole rings is 1. The first-order chi connectivity index (χ1) is 18.1. The van der Waals surface area contributed by atoms with Gasteiger partial charge in [0.05, 0.1) is 49.5 Å². The van der Waals surface area contributed by atoms with Gasteiger partial charge in [-0.2, -0.15) is 5.26 Å². The van der Waals surface area contributed by atoms with Crippen LogP contribution in [0.4, 0.5) is 0 Å². The smallest absolute Gasteiger partial charge is 0.233 e. The summed E-state index contributed by atoms with van der Waals surface area (Å²) in [6.45, 7) is 1.14. The zero-order chi connectivity index (χ0) is 25.8. The van der Waals surface area contributed by atoms with Crippen molar-refractivity contribution in [1.29, 1.82) is 5.26 Å². The minimum absolute atomic E-state index is 0.0400. The molecule has 0 saturated heterocycles. The van der Waals surface area contributed by atoms with Crippen molar-refractivity contribution in [2.24, 2.45) is 0 Å². The minimum atomic E-state index is -0.227. The summed E-state index contributed by atoms with van der Waals surface area (Å²) in [5.41, 5.74) is 5.10. The van der Waals surface area contributed by atoms with Gasteiger partial charge in [0.2, 0.25) is 5.91 Å². The first kappa shape index (κ1) is 24.7. The first-order valence-corrected chi connectivity index (χ1v) is 13.2. The van der Waals surface area contributed by atoms with Crippen LogP contribution >= 0.6 is 11.8 Å². The lowest BCUT2D eigenvalue weighted by Crippen LogP contribution is -2.41. The summed E-state index contributed by atoms with van der Waals surface area (Å²) in [6.07, 6.45) is 1.11. The molecule has 0 spiro atoms. The van der Waals surface area contributed by atoms with Crippen LogP contribution in [-0.2, 0) is 17.8 Å². The molecule has 1 unspecified atom stereocenters. The number of rotatable bonds is 8. The standard InChI is InChI=1S/C29H28N4O3S/c1-35-25-17-21-13-16-33(28(20-9-4-3-5-10-20)22(21)18-26(25)36-2)27(34)19-37-29-31-23-11-6-7-12-24(23)32(29)15-8-14-30/h3-7,9-12,17-18,28H,8,13,15-16,19H2,1-2H3. The molecule has 0 saturated carbocycles. The summed E-state index contributed by atoms with van der Waals surface area (Å²) < 4.78 is 13.2. The molecule has 8 heteroatoms. The molecule has 0 bridgehead atoms. The fourth-order valence-electron chi connectivity index (χ4n) is 4.96. The lowest BCUT2D eigenvalue weighted by atomic mass is 9.87. The van der Waals surface area contributed by atoms with Crippen molar-refractivity contribution in [3.05, 3.63) is 83.4 Å². The molecule has 1 amide bonds. The van der Waals surface area contributed by atoms with E-state index in [0.717, 1.165) is 39.3 Å². The Labute approximate surface area is 220 Å². The normalized spacial score (nSPS) is 14.7. The van der Waals surface area contributed by atoms with Crippen molar-refractivity contribution in [3.8, 4) is 17.6 Å². The highest BCUT2D eigenvalue weighted by Crippen LogP contribution is 2.41. The van der Waals surface area contributed by atoms with Gasteiger partial charge in [0.15, 0.2) is 16.7 Å². The molecule has 1 aromatic heterocycles. The maximum Gasteiger partial charge on any atom is 0.233 e. The number of hydrogen-bond donors (Lipinski definition) is 0. The number of amides is 1. The molecule has 3 aromatic carbocycles. The van der Waals surface area contributed by atoms with Crippen molar-refractivity contribution in [2.45, 2.75) is 30.6 Å². The number of nitriles is 1. The van der Waals surface area contributed by atoms with Gasteiger partial charge < -0.3 is 18.9 Å². The summed E-state index contributed by atoms with van der Waals surface area (Å²) in [5.74, 6) is 1.64. The van der Waals surface area contributed by atoms with Crippen LogP contribution in [0.3, 0.4) is 0 Å². The van der Waals surface area contributed by atoms with E-state index < -0.39 is 0 Å². The van der Waals surface area contributed by atoms with Gasteiger partial charge in [-0.15, -0.1) is 0 Å². The summed E-state index contributed by atoms with van der Waals surface area (Å²) in [7, 11) is 3.27. The van der Waals surface area contributed by atoms with Gasteiger partial charge in [-0.1, -0.05) is 54.2 Å². The molecule has 188 valence electrons. The number of thioether (sulfide) groups is 1. The Kier molecular flexibility index (Phi) is 7.33. The average molecular weight is 513 g/mol. The fraction of sp³-hybridized carbons (Fsp3) is 0.276. The van der Waals surface area contributed by atoms with Gasteiger partial charge in [0, 0.05) is 13.1 Å². The number of benzene rings is 3. The third-order valence-corrected chi connectivity index (χ3v) is 7.66. The SMILES string of the molecule is COc1cc2c(cc1OC)C(c1ccccc1)N(C(=O)CSc1nc3ccccc3n1CCC#N)CC2. The molecule has 37 heavy (non-hydrogen) atoms. The molecule has 1 aliphatic rings. The van der Waals surface area contributed by atoms with Crippen LogP contribution in [0.2, 0.25) is 0 Å². The largest absolute Gasteiger partial charge is 0.493 e. The highest BCUT2D eigenvalue weighted by atomic mass is 32.2. The number of para-hydroxylation sites is 2. The Morgan fingerprint density at radius 2 is 1.81 bits per heavy atom. The van der Waals surface area contributed by atoms with Gasteiger partial charge in [0.1, 0.15) is 0 Å². The van der Waals surface area contributed by atoms with E-state index in [1.165, 1.54) is 11.8 Å². The van der Waals surface area contributed by atoms with Gasteiger partial charge in [-0.05, 0) is 47.4 Å². The molecule has 0 aliphatic carbocycles. The van der Waals surface area contributed by atoms with Crippen LogP contribution in [0.25, 0.3) is 11.0 Å². The third-order valence-electron chi connectivity index (χ3n) is 6.70. The molecule has 4 aromatic rings. The van der Waals surface area contributed by atoms with Crippen molar-refractivity contribution in [2.75, 3.05) is 26.5 Å². The zero-order valence-electron chi connectivity index (χ0n) is 20.9. The average Bonchev–Trinajstić information content (AvgIpc) is 3.30. The van der Waals surface area contributed by atoms with Gasteiger partial charge >= 0.3 is 0 Å². The van der Waals surface area contributed by atoms with E-state index in [-0.39, 0.29) is 17.7 Å². The van der Waals surface area contributed by atoms with E-state index >= 15 is 0 Å². The fourth-order valence-corrected chi connectivity index (χ4v) is 5.89. The van der Waals surface area contributed by atoms with Crippen molar-refractivity contribution in [3.63, 3.8) is 0 Å². The number of nitrogens with zero attached hydrogens (tertiary/aromatic N) is 4. The van der Waals surface area contributed by atoms with Crippen LogP contribution < -0.4 is 9.47 Å². The lowest BCUT2D eigenvalue weighted by Gasteiger charge is -2.38. The summed E-state index contributed by atoms with van der Waals surface area (Å²) >= 11 is 1.42. The second-order valence-corrected chi connectivity index (χ2v) is 9.73. The lowest BCUT2D eigenvalue weighted by molar-refractivity contribution is -0.130. The maximum absolute atomic E-state index is 13.7. The Balaban J connectivity index is 1.45. The number of ether oxygens (including phenoxy) is 2. The topological polar surface area (TPSA) is 80.4 Å². The van der Waals surface area contributed by atoms with Gasteiger partial charge in [-0.3, -0.25) is 4.79 Å². The number of hydrogen-bond acceptors (Lipinski definition) is 6. The molecule has 1 atom stereocenters. The van der Waals surface area contributed by atoms with Crippen LogP contribution in [0, 0.1) is 11.3 Å². The van der Waals surface area contributed by atoms with Crippen LogP contribution in [0.15, 0.2) is 71.9 Å². The molecule has 7 nitrogen and oxygen atoms in total. The number of methoxy groups -OCH3 is 2. The number of fused-ring (bicyclic) bond motifs is 2. The monoisotopic (exact) mass is 512 g/mol.